The molecular formula is C7H10N2O3. The predicted octanol–water partition coefficient (Wildman–Crippen LogP) is -0.280. The van der Waals surface area contributed by atoms with E-state index in [1.807, 2.05) is 0 Å². The molecule has 1 N–H and O–H groups in total. The largest absolute Gasteiger partial charge is 0.481 e. The van der Waals surface area contributed by atoms with E-state index in [4.69, 9.17) is 5.11 Å². The third kappa shape index (κ3) is 1.44. The van der Waals surface area contributed by atoms with E-state index in [2.05, 4.69) is 4.99 Å². The van der Waals surface area contributed by atoms with Crippen LogP contribution in [0.5, 0.6) is 0 Å². The lowest BCUT2D eigenvalue weighted by atomic mass is 10.2. The molecule has 0 spiro atoms. The number of likely N-dealkylation sites (N-methyl/N-ethyl adjacent to an activating group) is 1. The highest BCUT2D eigenvalue weighted by atomic mass is 16.4. The summed E-state index contributed by atoms with van der Waals surface area (Å²) < 4.78 is 0. The topological polar surface area (TPSA) is 70.0 Å². The zero-order valence-electron chi connectivity index (χ0n) is 6.94. The summed E-state index contributed by atoms with van der Waals surface area (Å²) in [5.74, 6) is -0.665. The number of carbonyl (C=O) groups excluding carboxylic acids is 1. The molecule has 0 aliphatic carbocycles. The van der Waals surface area contributed by atoms with Crippen LogP contribution in [0.25, 0.3) is 0 Å². The van der Waals surface area contributed by atoms with Gasteiger partial charge in [-0.1, -0.05) is 0 Å². The van der Waals surface area contributed by atoms with Gasteiger partial charge in [-0.3, -0.25) is 14.6 Å². The number of hydrogen-bond donors (Lipinski definition) is 1. The van der Waals surface area contributed by atoms with E-state index >= 15 is 0 Å². The molecule has 0 aromatic heterocycles. The average Bonchev–Trinajstić information content (AvgIpc) is 2.17. The van der Waals surface area contributed by atoms with Crippen molar-refractivity contribution < 1.29 is 14.7 Å². The first-order valence-corrected chi connectivity index (χ1v) is 3.56. The fourth-order valence-corrected chi connectivity index (χ4v) is 1.05. The molecule has 0 aromatic carbocycles. The fraction of sp³-hybridized carbons (Fsp3) is 0.571. The highest BCUT2D eigenvalue weighted by Gasteiger charge is 2.30. The van der Waals surface area contributed by atoms with E-state index in [1.54, 1.807) is 14.0 Å². The first kappa shape index (κ1) is 8.70. The number of carboxylic acid groups (broad SMARTS) is 1. The van der Waals surface area contributed by atoms with Crippen molar-refractivity contribution in [2.45, 2.75) is 19.4 Å². The Hall–Kier alpha value is -1.39. The quantitative estimate of drug-likeness (QED) is 0.619. The van der Waals surface area contributed by atoms with Gasteiger partial charge in [0.25, 0.3) is 5.91 Å². The van der Waals surface area contributed by atoms with Gasteiger partial charge < -0.3 is 10.0 Å². The maximum Gasteiger partial charge on any atom is 0.306 e. The molecule has 0 radical (unpaired) electrons. The number of carbonyl (C=O) groups is 2. The van der Waals surface area contributed by atoms with E-state index in [0.717, 1.165) is 0 Å². The molecule has 1 amide bonds. The monoisotopic (exact) mass is 170 g/mol. The standard InChI is InChI=1S/C7H10N2O3/c1-4-8-5(3-6(10)11)7(12)9(4)2/h5H,3H2,1-2H3,(H,10,11). The highest BCUT2D eigenvalue weighted by molar-refractivity contribution is 6.05. The zero-order chi connectivity index (χ0) is 9.30. The molecule has 1 atom stereocenters. The van der Waals surface area contributed by atoms with Gasteiger partial charge in [-0.2, -0.15) is 0 Å². The number of amidine groups is 1. The van der Waals surface area contributed by atoms with Crippen LogP contribution in [0, 0.1) is 0 Å². The van der Waals surface area contributed by atoms with Crippen LogP contribution in [-0.2, 0) is 9.59 Å². The van der Waals surface area contributed by atoms with Gasteiger partial charge in [0.15, 0.2) is 0 Å². The van der Waals surface area contributed by atoms with Crippen LogP contribution in [0.3, 0.4) is 0 Å². The van der Waals surface area contributed by atoms with E-state index in [0.29, 0.717) is 5.84 Å². The molecule has 12 heavy (non-hydrogen) atoms. The molecule has 1 rings (SSSR count). The van der Waals surface area contributed by atoms with Crippen LogP contribution in [0.4, 0.5) is 0 Å². The first-order valence-electron chi connectivity index (χ1n) is 3.56. The second-order valence-electron chi connectivity index (χ2n) is 2.69. The Morgan fingerprint density at radius 1 is 1.75 bits per heavy atom. The molecule has 0 aromatic rings. The maximum absolute atomic E-state index is 11.2. The zero-order valence-corrected chi connectivity index (χ0v) is 6.94. The van der Waals surface area contributed by atoms with Crippen LogP contribution in [-0.4, -0.2) is 40.8 Å². The molecule has 0 fully saturated rings. The molecule has 5 heteroatoms. The minimum atomic E-state index is -1.000. The van der Waals surface area contributed by atoms with E-state index in [-0.39, 0.29) is 12.3 Å². The van der Waals surface area contributed by atoms with E-state index in [9.17, 15) is 9.59 Å². The van der Waals surface area contributed by atoms with E-state index in [1.165, 1.54) is 4.90 Å². The summed E-state index contributed by atoms with van der Waals surface area (Å²) in [4.78, 5) is 26.7. The minimum Gasteiger partial charge on any atom is -0.481 e. The van der Waals surface area contributed by atoms with Crippen molar-refractivity contribution in [3.63, 3.8) is 0 Å². The SMILES string of the molecule is CC1=NC(CC(=O)O)C(=O)N1C. The van der Waals surface area contributed by atoms with Crippen molar-refractivity contribution in [2.24, 2.45) is 4.99 Å². The average molecular weight is 170 g/mol. The summed E-state index contributed by atoms with van der Waals surface area (Å²) in [5, 5.41) is 8.42. The summed E-state index contributed by atoms with van der Waals surface area (Å²) in [6.07, 6.45) is -0.222. The number of amides is 1. The Morgan fingerprint density at radius 2 is 2.33 bits per heavy atom. The van der Waals surface area contributed by atoms with Gasteiger partial charge in [0.05, 0.1) is 6.42 Å². The molecule has 1 unspecified atom stereocenters. The van der Waals surface area contributed by atoms with Gasteiger partial charge in [0, 0.05) is 7.05 Å². The van der Waals surface area contributed by atoms with Crippen LogP contribution in [0.2, 0.25) is 0 Å². The normalized spacial score (nSPS) is 22.8. The number of aliphatic imine (C=N–C) groups is 1. The third-order valence-corrected chi connectivity index (χ3v) is 1.81. The lowest BCUT2D eigenvalue weighted by Crippen LogP contribution is -2.31. The fourth-order valence-electron chi connectivity index (χ4n) is 1.05. The molecule has 1 heterocycles. The number of carboxylic acids is 1. The number of aliphatic carboxylic acids is 1. The van der Waals surface area contributed by atoms with E-state index < -0.39 is 12.0 Å². The number of rotatable bonds is 2. The highest BCUT2D eigenvalue weighted by Crippen LogP contribution is 2.11. The van der Waals surface area contributed by atoms with Gasteiger partial charge in [0.2, 0.25) is 0 Å². The Bertz CT molecular complexity index is 259. The summed E-state index contributed by atoms with van der Waals surface area (Å²) in [6.45, 7) is 1.68. The summed E-state index contributed by atoms with van der Waals surface area (Å²) in [7, 11) is 1.59. The predicted molar refractivity (Wildman–Crippen MR) is 41.9 cm³/mol. The lowest BCUT2D eigenvalue weighted by Gasteiger charge is -2.08. The Morgan fingerprint density at radius 3 is 2.67 bits per heavy atom. The van der Waals surface area contributed by atoms with Gasteiger partial charge in [-0.25, -0.2) is 0 Å². The van der Waals surface area contributed by atoms with Crippen molar-refractivity contribution in [3.05, 3.63) is 0 Å². The van der Waals surface area contributed by atoms with Crippen molar-refractivity contribution in [1.29, 1.82) is 0 Å². The number of hydrogen-bond acceptors (Lipinski definition) is 3. The molecule has 5 nitrogen and oxygen atoms in total. The Kier molecular flexibility index (Phi) is 2.12. The molecule has 66 valence electrons. The van der Waals surface area contributed by atoms with Crippen LogP contribution >= 0.6 is 0 Å². The van der Waals surface area contributed by atoms with Crippen LogP contribution in [0.15, 0.2) is 4.99 Å². The second-order valence-corrected chi connectivity index (χ2v) is 2.69. The molecule has 0 bridgehead atoms. The smallest absolute Gasteiger partial charge is 0.306 e. The van der Waals surface area contributed by atoms with Crippen molar-refractivity contribution in [3.8, 4) is 0 Å². The minimum absolute atomic E-state index is 0.222. The Labute approximate surface area is 69.7 Å². The van der Waals surface area contributed by atoms with Crippen LogP contribution in [0.1, 0.15) is 13.3 Å². The van der Waals surface area contributed by atoms with Crippen molar-refractivity contribution >= 4 is 17.7 Å². The summed E-state index contributed by atoms with van der Waals surface area (Å²) >= 11 is 0. The first-order chi connectivity index (χ1) is 5.52. The molecule has 1 aliphatic heterocycles. The molecular weight excluding hydrogens is 160 g/mol. The second kappa shape index (κ2) is 2.92. The van der Waals surface area contributed by atoms with Gasteiger partial charge in [0.1, 0.15) is 11.9 Å². The molecule has 1 aliphatic rings. The summed E-state index contributed by atoms with van der Waals surface area (Å²) in [6, 6.07) is -0.715. The van der Waals surface area contributed by atoms with Gasteiger partial charge >= 0.3 is 5.97 Å². The van der Waals surface area contributed by atoms with Gasteiger partial charge in [-0.05, 0) is 6.92 Å². The number of nitrogens with zero attached hydrogens (tertiary/aromatic N) is 2. The Balaban J connectivity index is 2.70. The maximum atomic E-state index is 11.2. The molecule has 0 saturated heterocycles. The van der Waals surface area contributed by atoms with Crippen molar-refractivity contribution in [1.82, 2.24) is 4.90 Å². The third-order valence-electron chi connectivity index (χ3n) is 1.81. The molecule has 0 saturated carbocycles. The van der Waals surface area contributed by atoms with Crippen LogP contribution < -0.4 is 0 Å². The van der Waals surface area contributed by atoms with Crippen molar-refractivity contribution in [2.75, 3.05) is 7.05 Å². The lowest BCUT2D eigenvalue weighted by molar-refractivity contribution is -0.140. The summed E-state index contributed by atoms with van der Waals surface area (Å²) in [5.41, 5.74) is 0. The van der Waals surface area contributed by atoms with Gasteiger partial charge in [-0.15, -0.1) is 0 Å².